The van der Waals surface area contributed by atoms with Crippen LogP contribution in [0.3, 0.4) is 0 Å². The molecule has 0 amide bonds. The van der Waals surface area contributed by atoms with Crippen molar-refractivity contribution in [2.45, 2.75) is 25.8 Å². The van der Waals surface area contributed by atoms with Gasteiger partial charge in [-0.25, -0.2) is 0 Å². The van der Waals surface area contributed by atoms with Crippen LogP contribution >= 0.6 is 0 Å². The van der Waals surface area contributed by atoms with E-state index in [1.165, 1.54) is 37.2 Å². The molecule has 3 rings (SSSR count). The summed E-state index contributed by atoms with van der Waals surface area (Å²) in [6.45, 7) is 5.72. The maximum Gasteiger partial charge on any atom is 0.0427 e. The van der Waals surface area contributed by atoms with Crippen molar-refractivity contribution in [1.82, 2.24) is 10.3 Å². The van der Waals surface area contributed by atoms with E-state index in [0.29, 0.717) is 6.04 Å². The molecule has 1 aromatic heterocycles. The van der Waals surface area contributed by atoms with Gasteiger partial charge in [0.05, 0.1) is 0 Å². The molecule has 0 aromatic carbocycles. The number of fused-ring (bicyclic) bond motifs is 1. The number of nitrogens with zero attached hydrogens (tertiary/aromatic N) is 2. The summed E-state index contributed by atoms with van der Waals surface area (Å²) < 4.78 is 0. The van der Waals surface area contributed by atoms with Crippen molar-refractivity contribution in [1.29, 1.82) is 0 Å². The van der Waals surface area contributed by atoms with Gasteiger partial charge in [-0.15, -0.1) is 0 Å². The average Bonchev–Trinajstić information content (AvgIpc) is 2.73. The first-order valence-electron chi connectivity index (χ1n) is 6.23. The monoisotopic (exact) mass is 217 g/mol. The molecular weight excluding hydrogens is 198 g/mol. The fourth-order valence-corrected chi connectivity index (χ4v) is 3.06. The molecule has 3 nitrogen and oxygen atoms in total. The Labute approximate surface area is 96.9 Å². The zero-order valence-corrected chi connectivity index (χ0v) is 9.82. The minimum absolute atomic E-state index is 0.710. The molecule has 3 heterocycles. The molecule has 0 bridgehead atoms. The Morgan fingerprint density at radius 1 is 1.44 bits per heavy atom. The van der Waals surface area contributed by atoms with E-state index >= 15 is 0 Å². The van der Waals surface area contributed by atoms with E-state index in [2.05, 4.69) is 28.2 Å². The zero-order valence-electron chi connectivity index (χ0n) is 9.82. The first-order chi connectivity index (χ1) is 7.84. The lowest BCUT2D eigenvalue weighted by Crippen LogP contribution is -2.40. The van der Waals surface area contributed by atoms with Gasteiger partial charge in [0.2, 0.25) is 0 Å². The highest BCUT2D eigenvalue weighted by atomic mass is 15.2. The van der Waals surface area contributed by atoms with Gasteiger partial charge in [0.25, 0.3) is 0 Å². The zero-order chi connectivity index (χ0) is 11.0. The number of aryl methyl sites for hydroxylation is 1. The number of hydrogen-bond acceptors (Lipinski definition) is 3. The van der Waals surface area contributed by atoms with Crippen LogP contribution in [0.5, 0.6) is 0 Å². The summed E-state index contributed by atoms with van der Waals surface area (Å²) in [6, 6.07) is 2.86. The molecule has 1 N–H and O–H groups in total. The predicted octanol–water partition coefficient (Wildman–Crippen LogP) is 1.58. The largest absolute Gasteiger partial charge is 0.369 e. The first kappa shape index (κ1) is 10.1. The fraction of sp³-hybridized carbons (Fsp3) is 0.615. The molecule has 2 fully saturated rings. The second-order valence-corrected chi connectivity index (χ2v) is 5.03. The molecular formula is C13H19N3. The number of pyridine rings is 1. The highest BCUT2D eigenvalue weighted by Gasteiger charge is 2.34. The van der Waals surface area contributed by atoms with Crippen LogP contribution in [0.25, 0.3) is 0 Å². The molecule has 2 unspecified atom stereocenters. The number of anilines is 1. The van der Waals surface area contributed by atoms with Crippen molar-refractivity contribution in [3.05, 3.63) is 24.0 Å². The van der Waals surface area contributed by atoms with Crippen molar-refractivity contribution in [3.8, 4) is 0 Å². The Balaban J connectivity index is 1.80. The van der Waals surface area contributed by atoms with E-state index in [9.17, 15) is 0 Å². The molecule has 1 aromatic rings. The Morgan fingerprint density at radius 2 is 2.38 bits per heavy atom. The second kappa shape index (κ2) is 4.06. The van der Waals surface area contributed by atoms with Crippen molar-refractivity contribution in [2.75, 3.05) is 24.5 Å². The maximum atomic E-state index is 4.16. The van der Waals surface area contributed by atoms with Gasteiger partial charge in [-0.2, -0.15) is 0 Å². The minimum Gasteiger partial charge on any atom is -0.369 e. The van der Waals surface area contributed by atoms with Crippen LogP contribution in [0.1, 0.15) is 18.4 Å². The molecule has 0 radical (unpaired) electrons. The predicted molar refractivity (Wildman–Crippen MR) is 65.7 cm³/mol. The Bertz CT molecular complexity index is 363. The van der Waals surface area contributed by atoms with Gasteiger partial charge in [0.15, 0.2) is 0 Å². The lowest BCUT2D eigenvalue weighted by Gasteiger charge is -2.24. The minimum atomic E-state index is 0.710. The highest BCUT2D eigenvalue weighted by Crippen LogP contribution is 2.30. The Kier molecular flexibility index (Phi) is 2.56. The van der Waals surface area contributed by atoms with Gasteiger partial charge < -0.3 is 10.2 Å². The molecule has 3 heteroatoms. The smallest absolute Gasteiger partial charge is 0.0427 e. The molecule has 2 aliphatic rings. The molecule has 0 spiro atoms. The lowest BCUT2D eigenvalue weighted by molar-refractivity contribution is 0.340. The summed E-state index contributed by atoms with van der Waals surface area (Å²) in [6.07, 6.45) is 6.59. The summed E-state index contributed by atoms with van der Waals surface area (Å²) in [4.78, 5) is 6.68. The van der Waals surface area contributed by atoms with Gasteiger partial charge in [0.1, 0.15) is 0 Å². The lowest BCUT2D eigenvalue weighted by atomic mass is 9.94. The number of piperidine rings is 1. The van der Waals surface area contributed by atoms with Gasteiger partial charge in [-0.3, -0.25) is 4.98 Å². The number of nitrogens with one attached hydrogen (secondary N) is 1. The fourth-order valence-electron chi connectivity index (χ4n) is 3.06. The maximum absolute atomic E-state index is 4.16. The van der Waals surface area contributed by atoms with Gasteiger partial charge in [0, 0.05) is 37.2 Å². The Hall–Kier alpha value is -1.09. The average molecular weight is 217 g/mol. The summed E-state index contributed by atoms with van der Waals surface area (Å²) in [5, 5.41) is 3.64. The van der Waals surface area contributed by atoms with Crippen molar-refractivity contribution in [2.24, 2.45) is 5.92 Å². The van der Waals surface area contributed by atoms with Crippen molar-refractivity contribution >= 4 is 5.69 Å². The summed E-state index contributed by atoms with van der Waals surface area (Å²) in [5.74, 6) is 0.848. The standard InChI is InChI=1S/C13H19N3/c1-10-7-14-6-4-13(10)16-8-11-3-2-5-15-12(11)9-16/h4,6-7,11-12,15H,2-3,5,8-9H2,1H3. The van der Waals surface area contributed by atoms with Gasteiger partial charge in [-0.05, 0) is 43.9 Å². The molecule has 16 heavy (non-hydrogen) atoms. The third-order valence-electron chi connectivity index (χ3n) is 3.93. The molecule has 0 aliphatic carbocycles. The van der Waals surface area contributed by atoms with Crippen LogP contribution in [-0.4, -0.2) is 30.7 Å². The third kappa shape index (κ3) is 1.69. The van der Waals surface area contributed by atoms with E-state index < -0.39 is 0 Å². The van der Waals surface area contributed by atoms with E-state index in [-0.39, 0.29) is 0 Å². The van der Waals surface area contributed by atoms with E-state index in [1.54, 1.807) is 0 Å². The van der Waals surface area contributed by atoms with Gasteiger partial charge in [-0.1, -0.05) is 0 Å². The molecule has 2 saturated heterocycles. The van der Waals surface area contributed by atoms with Crippen LogP contribution in [0, 0.1) is 12.8 Å². The molecule has 2 atom stereocenters. The molecule has 0 saturated carbocycles. The van der Waals surface area contributed by atoms with Crippen LogP contribution in [0.2, 0.25) is 0 Å². The third-order valence-corrected chi connectivity index (χ3v) is 3.93. The van der Waals surface area contributed by atoms with Crippen molar-refractivity contribution in [3.63, 3.8) is 0 Å². The highest BCUT2D eigenvalue weighted by molar-refractivity contribution is 5.52. The second-order valence-electron chi connectivity index (χ2n) is 5.03. The van der Waals surface area contributed by atoms with Gasteiger partial charge >= 0.3 is 0 Å². The number of aromatic nitrogens is 1. The first-order valence-corrected chi connectivity index (χ1v) is 6.23. The SMILES string of the molecule is Cc1cnccc1N1CC2CCCNC2C1. The van der Waals surface area contributed by atoms with Crippen LogP contribution in [-0.2, 0) is 0 Å². The van der Waals surface area contributed by atoms with E-state index in [1.807, 2.05) is 12.4 Å². The van der Waals surface area contributed by atoms with Crippen LogP contribution in [0.15, 0.2) is 18.5 Å². The van der Waals surface area contributed by atoms with Crippen LogP contribution < -0.4 is 10.2 Å². The van der Waals surface area contributed by atoms with E-state index in [4.69, 9.17) is 0 Å². The number of rotatable bonds is 1. The molecule has 86 valence electrons. The van der Waals surface area contributed by atoms with Crippen LogP contribution in [0.4, 0.5) is 5.69 Å². The Morgan fingerprint density at radius 3 is 3.19 bits per heavy atom. The van der Waals surface area contributed by atoms with Crippen molar-refractivity contribution < 1.29 is 0 Å². The summed E-state index contributed by atoms with van der Waals surface area (Å²) >= 11 is 0. The topological polar surface area (TPSA) is 28.2 Å². The quantitative estimate of drug-likeness (QED) is 0.774. The summed E-state index contributed by atoms with van der Waals surface area (Å²) in [5.41, 5.74) is 2.66. The number of hydrogen-bond donors (Lipinski definition) is 1. The van der Waals surface area contributed by atoms with E-state index in [0.717, 1.165) is 12.5 Å². The summed E-state index contributed by atoms with van der Waals surface area (Å²) in [7, 11) is 0. The normalized spacial score (nSPS) is 29.2. The molecule has 2 aliphatic heterocycles.